The molecule has 0 aliphatic carbocycles. The third-order valence-electron chi connectivity index (χ3n) is 4.13. The van der Waals surface area contributed by atoms with E-state index in [-0.39, 0.29) is 19.5 Å². The molecule has 6 nitrogen and oxygen atoms in total. The maximum Gasteiger partial charge on any atom is 0.426 e. The lowest BCUT2D eigenvalue weighted by atomic mass is 10.0. The summed E-state index contributed by atoms with van der Waals surface area (Å²) in [6.07, 6.45) is -4.87. The summed E-state index contributed by atoms with van der Waals surface area (Å²) in [5.74, 6) is -1.84. The maximum absolute atomic E-state index is 13.0. The van der Waals surface area contributed by atoms with Crippen molar-refractivity contribution in [3.8, 4) is 5.69 Å². The van der Waals surface area contributed by atoms with Gasteiger partial charge >= 0.3 is 6.18 Å². The zero-order chi connectivity index (χ0) is 18.4. The van der Waals surface area contributed by atoms with Crippen molar-refractivity contribution in [1.29, 1.82) is 0 Å². The Bertz CT molecular complexity index is 799. The Morgan fingerprint density at radius 1 is 1.24 bits per heavy atom. The highest BCUT2D eigenvalue weighted by Crippen LogP contribution is 2.33. The second-order valence-electron chi connectivity index (χ2n) is 5.92. The predicted octanol–water partition coefficient (Wildman–Crippen LogP) is 1.60. The van der Waals surface area contributed by atoms with Gasteiger partial charge in [0.05, 0.1) is 17.9 Å². The number of halogens is 4. The topological polar surface area (TPSA) is 71.2 Å². The molecule has 1 aromatic heterocycles. The van der Waals surface area contributed by atoms with Gasteiger partial charge in [-0.3, -0.25) is 4.79 Å². The molecule has 1 amide bonds. The fourth-order valence-electron chi connectivity index (χ4n) is 2.60. The zero-order valence-corrected chi connectivity index (χ0v) is 13.1. The van der Waals surface area contributed by atoms with Crippen LogP contribution in [0.4, 0.5) is 17.6 Å². The number of aromatic nitrogens is 3. The highest BCUT2D eigenvalue weighted by Gasteiger charge is 2.57. The number of fused-ring (bicyclic) bond motifs is 1. The van der Waals surface area contributed by atoms with E-state index in [0.29, 0.717) is 24.0 Å². The largest absolute Gasteiger partial charge is 0.426 e. The van der Waals surface area contributed by atoms with E-state index in [1.807, 2.05) is 0 Å². The van der Waals surface area contributed by atoms with Crippen LogP contribution in [0.25, 0.3) is 5.69 Å². The number of aliphatic hydroxyl groups is 1. The molecule has 0 fully saturated rings. The molecule has 10 heteroatoms. The van der Waals surface area contributed by atoms with Crippen LogP contribution in [0, 0.1) is 5.82 Å². The first-order valence-corrected chi connectivity index (χ1v) is 7.39. The first-order valence-electron chi connectivity index (χ1n) is 7.39. The van der Waals surface area contributed by atoms with Crippen LogP contribution in [0.5, 0.6) is 0 Å². The Hall–Kier alpha value is -2.49. The lowest BCUT2D eigenvalue weighted by Gasteiger charge is -2.33. The summed E-state index contributed by atoms with van der Waals surface area (Å²) in [7, 11) is 0. The molecule has 2 aromatic rings. The second-order valence-corrected chi connectivity index (χ2v) is 5.92. The lowest BCUT2D eigenvalue weighted by Crippen LogP contribution is -2.56. The van der Waals surface area contributed by atoms with Crippen molar-refractivity contribution in [3.05, 3.63) is 41.5 Å². The molecule has 2 heterocycles. The van der Waals surface area contributed by atoms with Gasteiger partial charge < -0.3 is 10.0 Å². The first-order chi connectivity index (χ1) is 11.6. The number of hydrogen-bond acceptors (Lipinski definition) is 4. The van der Waals surface area contributed by atoms with Gasteiger partial charge in [0.15, 0.2) is 0 Å². The van der Waals surface area contributed by atoms with E-state index in [2.05, 4.69) is 10.3 Å². The van der Waals surface area contributed by atoms with E-state index in [0.717, 1.165) is 4.90 Å². The molecule has 134 valence electrons. The van der Waals surface area contributed by atoms with E-state index < -0.39 is 23.5 Å². The monoisotopic (exact) mass is 358 g/mol. The number of amides is 1. The van der Waals surface area contributed by atoms with E-state index in [9.17, 15) is 27.5 Å². The minimum atomic E-state index is -5.07. The molecule has 3 rings (SSSR count). The number of carbonyl (C=O) groups excluding carboxylic acids is 1. The van der Waals surface area contributed by atoms with Gasteiger partial charge in [-0.2, -0.15) is 13.2 Å². The van der Waals surface area contributed by atoms with E-state index >= 15 is 0 Å². The quantitative estimate of drug-likeness (QED) is 0.828. The van der Waals surface area contributed by atoms with Crippen LogP contribution in [-0.4, -0.2) is 49.2 Å². The smallest absolute Gasteiger partial charge is 0.373 e. The summed E-state index contributed by atoms with van der Waals surface area (Å²) in [4.78, 5) is 13.0. The summed E-state index contributed by atoms with van der Waals surface area (Å²) in [6.45, 7) is 0.217. The average molecular weight is 358 g/mol. The van der Waals surface area contributed by atoms with Crippen molar-refractivity contribution < 1.29 is 27.5 Å². The van der Waals surface area contributed by atoms with Crippen molar-refractivity contribution in [2.24, 2.45) is 0 Å². The van der Waals surface area contributed by atoms with Gasteiger partial charge in [0.25, 0.3) is 5.91 Å². The van der Waals surface area contributed by atoms with E-state index in [1.54, 1.807) is 0 Å². The van der Waals surface area contributed by atoms with Crippen molar-refractivity contribution in [1.82, 2.24) is 19.9 Å². The molecule has 1 aliphatic rings. The number of hydrogen-bond donors (Lipinski definition) is 1. The Morgan fingerprint density at radius 2 is 1.88 bits per heavy atom. The molecule has 25 heavy (non-hydrogen) atoms. The molecule has 0 saturated heterocycles. The van der Waals surface area contributed by atoms with Crippen LogP contribution in [-0.2, 0) is 17.8 Å². The maximum atomic E-state index is 13.0. The van der Waals surface area contributed by atoms with Gasteiger partial charge in [-0.25, -0.2) is 9.07 Å². The van der Waals surface area contributed by atoms with Gasteiger partial charge in [-0.1, -0.05) is 5.21 Å². The molecule has 0 spiro atoms. The van der Waals surface area contributed by atoms with Crippen molar-refractivity contribution in [2.75, 3.05) is 6.54 Å². The highest BCUT2D eigenvalue weighted by atomic mass is 19.4. The molecule has 1 aliphatic heterocycles. The van der Waals surface area contributed by atoms with Crippen LogP contribution < -0.4 is 0 Å². The summed E-state index contributed by atoms with van der Waals surface area (Å²) in [6, 6.07) is 5.50. The Labute approximate surface area is 139 Å². The van der Waals surface area contributed by atoms with Gasteiger partial charge in [0, 0.05) is 13.0 Å². The molecule has 0 saturated carbocycles. The Kier molecular flexibility index (Phi) is 4.02. The molecule has 1 unspecified atom stereocenters. The summed E-state index contributed by atoms with van der Waals surface area (Å²) in [5.41, 5.74) is -1.95. The molecule has 1 aromatic carbocycles. The van der Waals surface area contributed by atoms with Gasteiger partial charge in [-0.15, -0.1) is 5.10 Å². The minimum absolute atomic E-state index is 0.0212. The summed E-state index contributed by atoms with van der Waals surface area (Å²) in [5, 5.41) is 17.4. The fourth-order valence-corrected chi connectivity index (χ4v) is 2.60. The standard InChI is InChI=1S/C15H14F4N4O2/c1-14(25,15(17,18)19)13(24)22-7-6-12-11(8-22)20-21-23(12)10-4-2-9(16)3-5-10/h2-5,25H,6-8H2,1H3. The number of benzene rings is 1. The van der Waals surface area contributed by atoms with Crippen LogP contribution in [0.3, 0.4) is 0 Å². The normalized spacial score (nSPS) is 17.1. The first kappa shape index (κ1) is 17.3. The van der Waals surface area contributed by atoms with Crippen molar-refractivity contribution in [3.63, 3.8) is 0 Å². The number of nitrogens with zero attached hydrogens (tertiary/aromatic N) is 4. The minimum Gasteiger partial charge on any atom is -0.373 e. The highest BCUT2D eigenvalue weighted by molar-refractivity contribution is 5.85. The van der Waals surface area contributed by atoms with Crippen LogP contribution in [0.2, 0.25) is 0 Å². The molecule has 1 atom stereocenters. The van der Waals surface area contributed by atoms with Gasteiger partial charge in [-0.05, 0) is 31.2 Å². The Morgan fingerprint density at radius 3 is 2.48 bits per heavy atom. The second kappa shape index (κ2) is 5.80. The van der Waals surface area contributed by atoms with Crippen LogP contribution in [0.15, 0.2) is 24.3 Å². The van der Waals surface area contributed by atoms with E-state index in [4.69, 9.17) is 0 Å². The lowest BCUT2D eigenvalue weighted by molar-refractivity contribution is -0.250. The molecule has 0 bridgehead atoms. The zero-order valence-electron chi connectivity index (χ0n) is 13.1. The van der Waals surface area contributed by atoms with Crippen LogP contribution in [0.1, 0.15) is 18.3 Å². The van der Waals surface area contributed by atoms with Crippen molar-refractivity contribution >= 4 is 5.91 Å². The molecule has 0 radical (unpaired) electrons. The molecular formula is C15H14F4N4O2. The molecule has 1 N–H and O–H groups in total. The van der Waals surface area contributed by atoms with E-state index in [1.165, 1.54) is 28.9 Å². The number of alkyl halides is 3. The predicted molar refractivity (Wildman–Crippen MR) is 77.1 cm³/mol. The third kappa shape index (κ3) is 2.97. The van der Waals surface area contributed by atoms with Gasteiger partial charge in [0.2, 0.25) is 5.60 Å². The van der Waals surface area contributed by atoms with Gasteiger partial charge in [0.1, 0.15) is 11.5 Å². The van der Waals surface area contributed by atoms with Crippen molar-refractivity contribution in [2.45, 2.75) is 31.7 Å². The fraction of sp³-hybridized carbons (Fsp3) is 0.400. The Balaban J connectivity index is 1.84. The SMILES string of the molecule is CC(O)(C(=O)N1CCc2c(nnn2-c2ccc(F)cc2)C1)C(F)(F)F. The third-order valence-corrected chi connectivity index (χ3v) is 4.13. The summed E-state index contributed by atoms with van der Waals surface area (Å²) < 4.78 is 53.0. The average Bonchev–Trinajstić information content (AvgIpc) is 2.97. The number of rotatable bonds is 2. The summed E-state index contributed by atoms with van der Waals surface area (Å²) >= 11 is 0. The van der Waals surface area contributed by atoms with Crippen LogP contribution >= 0.6 is 0 Å². The molecular weight excluding hydrogens is 344 g/mol. The number of carbonyl (C=O) groups is 1.